The molecular formula is C15H13N3O4S. The third kappa shape index (κ3) is 3.11. The van der Waals surface area contributed by atoms with Gasteiger partial charge in [0.05, 0.1) is 11.3 Å². The van der Waals surface area contributed by atoms with Gasteiger partial charge in [-0.1, -0.05) is 30.0 Å². The molecule has 0 radical (unpaired) electrons. The van der Waals surface area contributed by atoms with E-state index in [9.17, 15) is 19.2 Å². The van der Waals surface area contributed by atoms with Crippen LogP contribution < -0.4 is 10.9 Å². The van der Waals surface area contributed by atoms with Crippen LogP contribution in [0.2, 0.25) is 0 Å². The molecule has 0 bridgehead atoms. The number of imide groups is 1. The first-order valence-corrected chi connectivity index (χ1v) is 7.92. The zero-order valence-electron chi connectivity index (χ0n) is 12.0. The molecule has 3 rings (SSSR count). The molecule has 1 aromatic heterocycles. The summed E-state index contributed by atoms with van der Waals surface area (Å²) in [5.41, 5.74) is 0.472. The number of rotatable bonds is 4. The van der Waals surface area contributed by atoms with Crippen molar-refractivity contribution in [2.24, 2.45) is 0 Å². The van der Waals surface area contributed by atoms with Crippen LogP contribution in [0, 0.1) is 0 Å². The Morgan fingerprint density at radius 3 is 2.78 bits per heavy atom. The smallest absolute Gasteiger partial charge is 0.288 e. The van der Waals surface area contributed by atoms with Crippen molar-refractivity contribution in [3.8, 4) is 0 Å². The zero-order valence-corrected chi connectivity index (χ0v) is 12.8. The molecule has 8 heteroatoms. The highest BCUT2D eigenvalue weighted by molar-refractivity contribution is 8.14. The van der Waals surface area contributed by atoms with Crippen molar-refractivity contribution in [3.05, 3.63) is 46.2 Å². The van der Waals surface area contributed by atoms with E-state index >= 15 is 0 Å². The van der Waals surface area contributed by atoms with Crippen LogP contribution in [0.25, 0.3) is 10.9 Å². The van der Waals surface area contributed by atoms with Crippen molar-refractivity contribution in [1.29, 1.82) is 0 Å². The molecule has 0 spiro atoms. The lowest BCUT2D eigenvalue weighted by atomic mass is 10.1. The number of aromatic nitrogens is 1. The molecule has 0 unspecified atom stereocenters. The Balaban J connectivity index is 1.73. The minimum atomic E-state index is -0.418. The van der Waals surface area contributed by atoms with Gasteiger partial charge >= 0.3 is 0 Å². The van der Waals surface area contributed by atoms with Crippen molar-refractivity contribution in [2.75, 3.05) is 18.8 Å². The lowest BCUT2D eigenvalue weighted by Gasteiger charge is -2.13. The molecule has 0 saturated carbocycles. The molecule has 1 aliphatic rings. The molecule has 1 fully saturated rings. The summed E-state index contributed by atoms with van der Waals surface area (Å²) in [5.74, 6) is -0.527. The predicted octanol–water partition coefficient (Wildman–Crippen LogP) is 0.953. The Morgan fingerprint density at radius 1 is 1.26 bits per heavy atom. The Kier molecular flexibility index (Phi) is 4.16. The van der Waals surface area contributed by atoms with Crippen LogP contribution in [0.4, 0.5) is 4.79 Å². The van der Waals surface area contributed by atoms with Crippen LogP contribution in [0.15, 0.2) is 35.1 Å². The first-order chi connectivity index (χ1) is 11.1. The topological polar surface area (TPSA) is 99.3 Å². The lowest BCUT2D eigenvalue weighted by molar-refractivity contribution is -0.124. The first kappa shape index (κ1) is 15.3. The van der Waals surface area contributed by atoms with Crippen LogP contribution in [0.3, 0.4) is 0 Å². The van der Waals surface area contributed by atoms with Gasteiger partial charge in [0.2, 0.25) is 11.5 Å². The number of para-hydroxylation sites is 1. The maximum Gasteiger partial charge on any atom is 0.288 e. The zero-order chi connectivity index (χ0) is 16.4. The van der Waals surface area contributed by atoms with Crippen LogP contribution >= 0.6 is 11.8 Å². The maximum atomic E-state index is 12.3. The van der Waals surface area contributed by atoms with Gasteiger partial charge in [0, 0.05) is 30.1 Å². The molecule has 7 nitrogen and oxygen atoms in total. The number of benzene rings is 1. The largest absolute Gasteiger partial charge is 0.350 e. The van der Waals surface area contributed by atoms with Gasteiger partial charge in [-0.3, -0.25) is 24.1 Å². The molecule has 1 saturated heterocycles. The summed E-state index contributed by atoms with van der Waals surface area (Å²) in [5, 5.41) is 2.97. The molecule has 0 aliphatic carbocycles. The van der Waals surface area contributed by atoms with E-state index in [1.165, 1.54) is 6.07 Å². The third-order valence-electron chi connectivity index (χ3n) is 3.46. The number of carbonyl (C=O) groups excluding carboxylic acids is 3. The van der Waals surface area contributed by atoms with E-state index in [0.29, 0.717) is 10.9 Å². The van der Waals surface area contributed by atoms with E-state index in [1.54, 1.807) is 24.3 Å². The molecular weight excluding hydrogens is 318 g/mol. The summed E-state index contributed by atoms with van der Waals surface area (Å²) in [6, 6.07) is 8.23. The average molecular weight is 331 g/mol. The number of nitrogens with one attached hydrogen (secondary N) is 2. The number of hydrogen-bond acceptors (Lipinski definition) is 5. The fourth-order valence-corrected chi connectivity index (χ4v) is 3.12. The molecule has 118 valence electrons. The average Bonchev–Trinajstić information content (AvgIpc) is 2.85. The lowest BCUT2D eigenvalue weighted by Crippen LogP contribution is -2.37. The number of amides is 3. The van der Waals surface area contributed by atoms with Gasteiger partial charge in [-0.05, 0) is 6.07 Å². The van der Waals surface area contributed by atoms with Crippen LogP contribution in [-0.2, 0) is 4.79 Å². The van der Waals surface area contributed by atoms with E-state index in [-0.39, 0.29) is 41.1 Å². The monoisotopic (exact) mass is 331 g/mol. The van der Waals surface area contributed by atoms with E-state index in [1.807, 2.05) is 0 Å². The highest BCUT2D eigenvalue weighted by Crippen LogP contribution is 2.18. The predicted molar refractivity (Wildman–Crippen MR) is 86.5 cm³/mol. The van der Waals surface area contributed by atoms with Crippen LogP contribution in [0.1, 0.15) is 10.4 Å². The number of thioether (sulfide) groups is 1. The SMILES string of the molecule is O=C(NCCN1C(=O)CSC1=O)c1cc(=O)[nH]c2ccccc12. The molecule has 0 atom stereocenters. The second kappa shape index (κ2) is 6.25. The molecule has 1 aromatic carbocycles. The summed E-state index contributed by atoms with van der Waals surface area (Å²) >= 11 is 0.952. The Morgan fingerprint density at radius 2 is 2.04 bits per heavy atom. The van der Waals surface area contributed by atoms with Crippen molar-refractivity contribution in [3.63, 3.8) is 0 Å². The number of hydrogen-bond donors (Lipinski definition) is 2. The summed E-state index contributed by atoms with van der Waals surface area (Å²) in [6.45, 7) is 0.259. The fraction of sp³-hybridized carbons (Fsp3) is 0.200. The number of carbonyl (C=O) groups is 3. The second-order valence-corrected chi connectivity index (χ2v) is 5.88. The van der Waals surface area contributed by atoms with Crippen molar-refractivity contribution < 1.29 is 14.4 Å². The summed E-state index contributed by atoms with van der Waals surface area (Å²) in [4.78, 5) is 50.6. The number of H-pyrrole nitrogens is 1. The second-order valence-electron chi connectivity index (χ2n) is 4.95. The van der Waals surface area contributed by atoms with Crippen molar-refractivity contribution >= 4 is 39.7 Å². The Labute approximate surface area is 135 Å². The highest BCUT2D eigenvalue weighted by Gasteiger charge is 2.29. The number of pyridine rings is 1. The van der Waals surface area contributed by atoms with Gasteiger partial charge in [-0.25, -0.2) is 0 Å². The quantitative estimate of drug-likeness (QED) is 0.869. The van der Waals surface area contributed by atoms with Gasteiger partial charge in [0.1, 0.15) is 0 Å². The third-order valence-corrected chi connectivity index (χ3v) is 4.32. The van der Waals surface area contributed by atoms with E-state index in [0.717, 1.165) is 16.7 Å². The minimum Gasteiger partial charge on any atom is -0.350 e. The first-order valence-electron chi connectivity index (χ1n) is 6.93. The molecule has 2 N–H and O–H groups in total. The van der Waals surface area contributed by atoms with Gasteiger partial charge in [0.15, 0.2) is 0 Å². The van der Waals surface area contributed by atoms with E-state index in [4.69, 9.17) is 0 Å². The standard InChI is InChI=1S/C15H13N3O4S/c19-12-7-10(9-3-1-2-4-11(9)17-12)14(21)16-5-6-18-13(20)8-23-15(18)22/h1-4,7H,5-6,8H2,(H,16,21)(H,17,19). The molecule has 2 heterocycles. The van der Waals surface area contributed by atoms with Crippen molar-refractivity contribution in [1.82, 2.24) is 15.2 Å². The summed E-state index contributed by atoms with van der Waals surface area (Å²) in [6.07, 6.45) is 0. The maximum absolute atomic E-state index is 12.3. The van der Waals surface area contributed by atoms with Crippen LogP contribution in [0.5, 0.6) is 0 Å². The molecule has 1 aliphatic heterocycles. The van der Waals surface area contributed by atoms with Gasteiger partial charge < -0.3 is 10.3 Å². The molecule has 2 aromatic rings. The number of nitrogens with zero attached hydrogens (tertiary/aromatic N) is 1. The minimum absolute atomic E-state index is 0.123. The summed E-state index contributed by atoms with van der Waals surface area (Å²) in [7, 11) is 0. The number of fused-ring (bicyclic) bond motifs is 1. The number of aromatic amines is 1. The molecule has 23 heavy (non-hydrogen) atoms. The highest BCUT2D eigenvalue weighted by atomic mass is 32.2. The van der Waals surface area contributed by atoms with E-state index < -0.39 is 5.91 Å². The summed E-state index contributed by atoms with van der Waals surface area (Å²) < 4.78 is 0. The Bertz CT molecular complexity index is 845. The van der Waals surface area contributed by atoms with Gasteiger partial charge in [-0.15, -0.1) is 0 Å². The normalized spacial score (nSPS) is 14.5. The fourth-order valence-electron chi connectivity index (χ4n) is 2.37. The van der Waals surface area contributed by atoms with Gasteiger partial charge in [-0.2, -0.15) is 0 Å². The van der Waals surface area contributed by atoms with E-state index in [2.05, 4.69) is 10.3 Å². The Hall–Kier alpha value is -2.61. The molecule has 3 amide bonds. The van der Waals surface area contributed by atoms with Crippen molar-refractivity contribution in [2.45, 2.75) is 0 Å². The van der Waals surface area contributed by atoms with Crippen LogP contribution in [-0.4, -0.2) is 45.8 Å². The van der Waals surface area contributed by atoms with Gasteiger partial charge in [0.25, 0.3) is 11.1 Å².